The summed E-state index contributed by atoms with van der Waals surface area (Å²) in [5.41, 5.74) is 0.620. The Labute approximate surface area is 159 Å². The molecule has 0 bridgehead atoms. The van der Waals surface area contributed by atoms with Crippen LogP contribution in [0.1, 0.15) is 30.6 Å². The Hall–Kier alpha value is -2.15. The van der Waals surface area contributed by atoms with Gasteiger partial charge in [0.15, 0.2) is 11.5 Å². The van der Waals surface area contributed by atoms with E-state index in [-0.39, 0.29) is 25.5 Å². The van der Waals surface area contributed by atoms with Crippen LogP contribution in [0, 0.1) is 6.92 Å². The first-order valence-corrected chi connectivity index (χ1v) is 10.3. The molecule has 2 rings (SSSR count). The van der Waals surface area contributed by atoms with E-state index >= 15 is 0 Å². The van der Waals surface area contributed by atoms with Crippen LogP contribution >= 0.6 is 7.60 Å². The molecule has 27 heavy (non-hydrogen) atoms. The van der Waals surface area contributed by atoms with Gasteiger partial charge in [0.2, 0.25) is 5.95 Å². The Morgan fingerprint density at radius 2 is 1.81 bits per heavy atom. The van der Waals surface area contributed by atoms with Crippen molar-refractivity contribution in [3.63, 3.8) is 0 Å². The fourth-order valence-corrected chi connectivity index (χ4v) is 4.67. The van der Waals surface area contributed by atoms with E-state index in [0.717, 1.165) is 0 Å². The number of rotatable bonds is 10. The highest BCUT2D eigenvalue weighted by molar-refractivity contribution is 7.54. The zero-order valence-corrected chi connectivity index (χ0v) is 16.9. The summed E-state index contributed by atoms with van der Waals surface area (Å²) in [4.78, 5) is 8.25. The second-order valence-corrected chi connectivity index (χ2v) is 7.95. The number of hydrogen-bond acceptors (Lipinski definition) is 8. The molecule has 9 heteroatoms. The maximum absolute atomic E-state index is 13.5. The van der Waals surface area contributed by atoms with Gasteiger partial charge < -0.3 is 24.2 Å². The molecule has 2 aromatic rings. The third-order valence-corrected chi connectivity index (χ3v) is 6.39. The Morgan fingerprint density at radius 1 is 1.19 bits per heavy atom. The highest BCUT2D eigenvalue weighted by Crippen LogP contribution is 2.61. The van der Waals surface area contributed by atoms with Crippen molar-refractivity contribution < 1.29 is 23.5 Å². The molecule has 0 aliphatic heterocycles. The molecule has 1 atom stereocenters. The molecule has 0 saturated carbocycles. The Balaban J connectivity index is 2.45. The first kappa shape index (κ1) is 21.2. The van der Waals surface area contributed by atoms with E-state index in [9.17, 15) is 9.67 Å². The molecule has 0 amide bonds. The third kappa shape index (κ3) is 5.19. The number of phenolic OH excluding ortho intramolecular Hbond substituents is 1. The van der Waals surface area contributed by atoms with Crippen molar-refractivity contribution >= 4 is 13.5 Å². The summed E-state index contributed by atoms with van der Waals surface area (Å²) < 4.78 is 29.9. The molecule has 0 radical (unpaired) electrons. The second kappa shape index (κ2) is 9.69. The van der Waals surface area contributed by atoms with Crippen molar-refractivity contribution in [3.8, 4) is 11.5 Å². The van der Waals surface area contributed by atoms with Crippen molar-refractivity contribution in [1.82, 2.24) is 9.97 Å². The van der Waals surface area contributed by atoms with Gasteiger partial charge in [-0.15, -0.1) is 0 Å². The number of ether oxygens (including phenoxy) is 1. The number of anilines is 1. The molecule has 0 saturated heterocycles. The Morgan fingerprint density at radius 3 is 2.37 bits per heavy atom. The SMILES string of the molecule is CCOP(=O)(OCC)C(CNc1ncccn1)c1cc(C)c(O)c(OC)c1. The maximum atomic E-state index is 13.5. The van der Waals surface area contributed by atoms with E-state index in [4.69, 9.17) is 13.8 Å². The van der Waals surface area contributed by atoms with E-state index in [1.54, 1.807) is 51.4 Å². The fourth-order valence-electron chi connectivity index (χ4n) is 2.69. The van der Waals surface area contributed by atoms with Crippen LogP contribution in [-0.4, -0.2) is 41.9 Å². The molecular formula is C18H26N3O5P. The van der Waals surface area contributed by atoms with Gasteiger partial charge >= 0.3 is 7.60 Å². The molecule has 0 spiro atoms. The number of aryl methyl sites for hydroxylation is 1. The zero-order chi connectivity index (χ0) is 19.9. The lowest BCUT2D eigenvalue weighted by Crippen LogP contribution is -2.17. The fraction of sp³-hybridized carbons (Fsp3) is 0.444. The van der Waals surface area contributed by atoms with Crippen LogP contribution < -0.4 is 10.1 Å². The van der Waals surface area contributed by atoms with Crippen LogP contribution in [-0.2, 0) is 13.6 Å². The largest absolute Gasteiger partial charge is 0.504 e. The van der Waals surface area contributed by atoms with Gasteiger partial charge in [0, 0.05) is 18.9 Å². The summed E-state index contributed by atoms with van der Waals surface area (Å²) in [5.74, 6) is 0.747. The van der Waals surface area contributed by atoms with Crippen LogP contribution in [0.5, 0.6) is 11.5 Å². The summed E-state index contributed by atoms with van der Waals surface area (Å²) in [6, 6.07) is 5.11. The predicted molar refractivity (Wildman–Crippen MR) is 104 cm³/mol. The lowest BCUT2D eigenvalue weighted by molar-refractivity contribution is 0.212. The molecule has 2 N–H and O–H groups in total. The summed E-state index contributed by atoms with van der Waals surface area (Å²) >= 11 is 0. The molecule has 0 fully saturated rings. The number of phenols is 1. The molecule has 1 heterocycles. The molecule has 1 aromatic carbocycles. The minimum absolute atomic E-state index is 0.0435. The van der Waals surface area contributed by atoms with E-state index in [1.165, 1.54) is 7.11 Å². The first-order valence-electron chi connectivity index (χ1n) is 8.72. The van der Waals surface area contributed by atoms with Crippen molar-refractivity contribution in [2.24, 2.45) is 0 Å². The molecule has 8 nitrogen and oxygen atoms in total. The average Bonchev–Trinajstić information content (AvgIpc) is 2.65. The summed E-state index contributed by atoms with van der Waals surface area (Å²) in [5, 5.41) is 13.2. The Kier molecular flexibility index (Phi) is 7.59. The van der Waals surface area contributed by atoms with Gasteiger partial charge in [-0.2, -0.15) is 0 Å². The Bertz CT molecular complexity index is 778. The lowest BCUT2D eigenvalue weighted by atomic mass is 10.1. The first-order chi connectivity index (χ1) is 12.9. The second-order valence-electron chi connectivity index (χ2n) is 5.73. The van der Waals surface area contributed by atoms with Crippen molar-refractivity contribution in [1.29, 1.82) is 0 Å². The normalized spacial score (nSPS) is 12.6. The van der Waals surface area contributed by atoms with Gasteiger partial charge in [0.25, 0.3) is 0 Å². The molecule has 148 valence electrons. The topological polar surface area (TPSA) is 103 Å². The molecule has 0 aliphatic carbocycles. The van der Waals surface area contributed by atoms with Crippen molar-refractivity contribution in [2.75, 3.05) is 32.2 Å². The highest BCUT2D eigenvalue weighted by Gasteiger charge is 2.37. The van der Waals surface area contributed by atoms with E-state index in [1.807, 2.05) is 0 Å². The van der Waals surface area contributed by atoms with Gasteiger partial charge in [0.05, 0.1) is 20.3 Å². The van der Waals surface area contributed by atoms with Crippen molar-refractivity contribution in [2.45, 2.75) is 26.4 Å². The van der Waals surface area contributed by atoms with Crippen LogP contribution in [0.2, 0.25) is 0 Å². The van der Waals surface area contributed by atoms with Crippen LogP contribution in [0.15, 0.2) is 30.6 Å². The van der Waals surface area contributed by atoms with Gasteiger partial charge in [-0.3, -0.25) is 4.57 Å². The monoisotopic (exact) mass is 395 g/mol. The minimum atomic E-state index is -3.51. The standard InChI is InChI=1S/C18H26N3O5P/c1-5-25-27(23,26-6-2)16(12-21-18-19-8-7-9-20-18)14-10-13(3)17(22)15(11-14)24-4/h7-11,16,22H,5-6,12H2,1-4H3,(H,19,20,21). The number of nitrogens with zero attached hydrogens (tertiary/aromatic N) is 2. The molecule has 0 aliphatic rings. The number of aromatic hydroxyl groups is 1. The number of aromatic nitrogens is 2. The van der Waals surface area contributed by atoms with Gasteiger partial charge in [0.1, 0.15) is 5.66 Å². The van der Waals surface area contributed by atoms with E-state index in [2.05, 4.69) is 15.3 Å². The quantitative estimate of drug-likeness (QED) is 0.584. The number of nitrogens with one attached hydrogen (secondary N) is 1. The molecular weight excluding hydrogens is 369 g/mol. The number of benzene rings is 1. The summed E-state index contributed by atoms with van der Waals surface area (Å²) in [6.07, 6.45) is 3.23. The highest BCUT2D eigenvalue weighted by atomic mass is 31.2. The van der Waals surface area contributed by atoms with E-state index in [0.29, 0.717) is 22.8 Å². The smallest absolute Gasteiger partial charge is 0.339 e. The molecule has 1 unspecified atom stereocenters. The van der Waals surface area contributed by atoms with Gasteiger partial charge in [-0.25, -0.2) is 9.97 Å². The summed E-state index contributed by atoms with van der Waals surface area (Å²) in [7, 11) is -2.04. The average molecular weight is 395 g/mol. The van der Waals surface area contributed by atoms with E-state index < -0.39 is 13.3 Å². The van der Waals surface area contributed by atoms with Gasteiger partial charge in [-0.1, -0.05) is 6.07 Å². The zero-order valence-electron chi connectivity index (χ0n) is 16.0. The minimum Gasteiger partial charge on any atom is -0.504 e. The van der Waals surface area contributed by atoms with Crippen LogP contribution in [0.3, 0.4) is 0 Å². The summed E-state index contributed by atoms with van der Waals surface area (Å²) in [6.45, 7) is 5.97. The van der Waals surface area contributed by atoms with Crippen molar-refractivity contribution in [3.05, 3.63) is 41.7 Å². The predicted octanol–water partition coefficient (Wildman–Crippen LogP) is 3.92. The maximum Gasteiger partial charge on any atom is 0.339 e. The molecule has 1 aromatic heterocycles. The number of hydrogen-bond donors (Lipinski definition) is 2. The van der Waals surface area contributed by atoms with Gasteiger partial charge in [-0.05, 0) is 44.0 Å². The van der Waals surface area contributed by atoms with Crippen LogP contribution in [0.4, 0.5) is 5.95 Å². The third-order valence-electron chi connectivity index (χ3n) is 3.91. The number of methoxy groups -OCH3 is 1. The van der Waals surface area contributed by atoms with Crippen LogP contribution in [0.25, 0.3) is 0 Å². The lowest BCUT2D eigenvalue weighted by Gasteiger charge is -2.27.